The molecule has 0 aromatic carbocycles. The van der Waals surface area contributed by atoms with Crippen LogP contribution in [-0.2, 0) is 4.79 Å². The molecule has 1 saturated heterocycles. The van der Waals surface area contributed by atoms with E-state index >= 15 is 0 Å². The molecular formula is C15H29N3O. The van der Waals surface area contributed by atoms with Gasteiger partial charge in [-0.3, -0.25) is 9.69 Å². The molecule has 2 saturated carbocycles. The van der Waals surface area contributed by atoms with Gasteiger partial charge in [0.25, 0.3) is 0 Å². The molecule has 0 aromatic rings. The van der Waals surface area contributed by atoms with Gasteiger partial charge in [0.05, 0.1) is 0 Å². The summed E-state index contributed by atoms with van der Waals surface area (Å²) in [5, 5.41) is 0. The average molecular weight is 267 g/mol. The highest BCUT2D eigenvalue weighted by atomic mass is 16.1. The van der Waals surface area contributed by atoms with Gasteiger partial charge in [-0.05, 0) is 25.7 Å². The van der Waals surface area contributed by atoms with E-state index in [4.69, 9.17) is 5.73 Å². The lowest BCUT2D eigenvalue weighted by Crippen LogP contribution is -2.51. The summed E-state index contributed by atoms with van der Waals surface area (Å²) in [6, 6.07) is 1.38. The Kier molecular flexibility index (Phi) is 6.11. The number of carbonyl (C=O) groups is 1. The molecule has 0 atom stereocenters. The van der Waals surface area contributed by atoms with Crippen LogP contribution in [0, 0.1) is 0 Å². The van der Waals surface area contributed by atoms with Crippen LogP contribution in [0.5, 0.6) is 0 Å². The summed E-state index contributed by atoms with van der Waals surface area (Å²) < 4.78 is 0. The molecule has 1 aliphatic heterocycles. The summed E-state index contributed by atoms with van der Waals surface area (Å²) in [5.74, 6) is 0. The molecule has 0 aromatic heterocycles. The van der Waals surface area contributed by atoms with Crippen molar-refractivity contribution in [2.75, 3.05) is 26.2 Å². The molecular weight excluding hydrogens is 238 g/mol. The molecule has 2 N–H and O–H groups in total. The molecule has 1 amide bonds. The molecule has 1 heterocycles. The molecule has 4 nitrogen and oxygen atoms in total. The first-order valence-corrected chi connectivity index (χ1v) is 7.98. The number of piperazine rings is 1. The Morgan fingerprint density at radius 3 is 1.84 bits per heavy atom. The van der Waals surface area contributed by atoms with Crippen molar-refractivity contribution in [3.63, 3.8) is 0 Å². The Hall–Kier alpha value is -0.610. The van der Waals surface area contributed by atoms with Crippen LogP contribution < -0.4 is 5.73 Å². The quantitative estimate of drug-likeness (QED) is 0.773. The minimum Gasteiger partial charge on any atom is -0.343 e. The Labute approximate surface area is 117 Å². The summed E-state index contributed by atoms with van der Waals surface area (Å²) in [6.45, 7) is 4.03. The largest absolute Gasteiger partial charge is 0.343 e. The van der Waals surface area contributed by atoms with Crippen molar-refractivity contribution in [3.8, 4) is 0 Å². The van der Waals surface area contributed by atoms with Crippen molar-refractivity contribution in [1.29, 1.82) is 0 Å². The van der Waals surface area contributed by atoms with Gasteiger partial charge < -0.3 is 10.6 Å². The first-order chi connectivity index (χ1) is 9.29. The van der Waals surface area contributed by atoms with Crippen LogP contribution in [0.2, 0.25) is 0 Å². The number of carbonyl (C=O) groups excluding carboxylic acids is 1. The molecule has 2 aliphatic carbocycles. The van der Waals surface area contributed by atoms with E-state index in [1.54, 1.807) is 0 Å². The van der Waals surface area contributed by atoms with E-state index in [9.17, 15) is 4.79 Å². The smallest absolute Gasteiger partial charge is 0.209 e. The molecule has 3 fully saturated rings. The van der Waals surface area contributed by atoms with Crippen LogP contribution in [0.4, 0.5) is 0 Å². The van der Waals surface area contributed by atoms with Crippen LogP contribution in [0.3, 0.4) is 0 Å². The zero-order valence-corrected chi connectivity index (χ0v) is 12.1. The third-order valence-electron chi connectivity index (χ3n) is 4.74. The molecule has 3 aliphatic rings. The second-order valence-corrected chi connectivity index (χ2v) is 6.16. The fourth-order valence-electron chi connectivity index (χ4n) is 3.09. The fourth-order valence-corrected chi connectivity index (χ4v) is 3.09. The zero-order chi connectivity index (χ0) is 13.5. The summed E-state index contributed by atoms with van der Waals surface area (Å²) >= 11 is 0. The van der Waals surface area contributed by atoms with Crippen molar-refractivity contribution in [2.24, 2.45) is 5.73 Å². The van der Waals surface area contributed by atoms with Gasteiger partial charge in [0.2, 0.25) is 6.41 Å². The van der Waals surface area contributed by atoms with Crippen molar-refractivity contribution in [2.45, 2.75) is 63.5 Å². The van der Waals surface area contributed by atoms with Gasteiger partial charge in [0.15, 0.2) is 0 Å². The lowest BCUT2D eigenvalue weighted by atomic mass is 9.91. The minimum atomic E-state index is 0.536. The van der Waals surface area contributed by atoms with E-state index in [0.717, 1.165) is 38.6 Å². The van der Waals surface area contributed by atoms with Crippen LogP contribution in [0.15, 0.2) is 0 Å². The molecule has 19 heavy (non-hydrogen) atoms. The average Bonchev–Trinajstić information content (AvgIpc) is 2.39. The third kappa shape index (κ3) is 4.77. The predicted octanol–water partition coefficient (Wildman–Crippen LogP) is 1.59. The van der Waals surface area contributed by atoms with E-state index in [-0.39, 0.29) is 0 Å². The third-order valence-corrected chi connectivity index (χ3v) is 4.74. The monoisotopic (exact) mass is 267 g/mol. The summed E-state index contributed by atoms with van der Waals surface area (Å²) in [7, 11) is 0. The van der Waals surface area contributed by atoms with Gasteiger partial charge in [-0.1, -0.05) is 25.7 Å². The number of nitrogens with zero attached hydrogens (tertiary/aromatic N) is 2. The van der Waals surface area contributed by atoms with E-state index < -0.39 is 0 Å². The molecule has 4 heteroatoms. The molecule has 3 rings (SSSR count). The lowest BCUT2D eigenvalue weighted by molar-refractivity contribution is -0.120. The predicted molar refractivity (Wildman–Crippen MR) is 77.9 cm³/mol. The SMILES string of the molecule is NC1CCCCC1.O=CN1CCN(C2CCC2)CC1. The van der Waals surface area contributed by atoms with Crippen LogP contribution in [-0.4, -0.2) is 54.5 Å². The summed E-state index contributed by atoms with van der Waals surface area (Å²) in [5.41, 5.74) is 5.63. The molecule has 0 spiro atoms. The lowest BCUT2D eigenvalue weighted by Gasteiger charge is -2.42. The maximum absolute atomic E-state index is 10.4. The second kappa shape index (κ2) is 7.85. The van der Waals surface area contributed by atoms with Gasteiger partial charge in [0.1, 0.15) is 0 Å². The van der Waals surface area contributed by atoms with Gasteiger partial charge in [0, 0.05) is 38.3 Å². The Balaban J connectivity index is 0.000000163. The van der Waals surface area contributed by atoms with Gasteiger partial charge >= 0.3 is 0 Å². The van der Waals surface area contributed by atoms with Gasteiger partial charge in [-0.25, -0.2) is 0 Å². The van der Waals surface area contributed by atoms with Crippen molar-refractivity contribution in [1.82, 2.24) is 9.80 Å². The van der Waals surface area contributed by atoms with Gasteiger partial charge in [-0.2, -0.15) is 0 Å². The standard InChI is InChI=1S/C9H16N2O.C6H13N/c12-8-10-4-6-11(7-5-10)9-2-1-3-9;7-6-4-2-1-3-5-6/h8-9H,1-7H2;6H,1-5,7H2. The first kappa shape index (κ1) is 14.8. The molecule has 110 valence electrons. The van der Waals surface area contributed by atoms with E-state index in [1.807, 2.05) is 4.90 Å². The van der Waals surface area contributed by atoms with Crippen molar-refractivity contribution in [3.05, 3.63) is 0 Å². The van der Waals surface area contributed by atoms with Crippen LogP contribution in [0.25, 0.3) is 0 Å². The number of amides is 1. The number of rotatable bonds is 2. The van der Waals surface area contributed by atoms with Gasteiger partial charge in [-0.15, -0.1) is 0 Å². The maximum Gasteiger partial charge on any atom is 0.209 e. The van der Waals surface area contributed by atoms with E-state index in [1.165, 1.54) is 51.4 Å². The number of hydrogen-bond donors (Lipinski definition) is 1. The Morgan fingerprint density at radius 1 is 0.842 bits per heavy atom. The van der Waals surface area contributed by atoms with E-state index in [2.05, 4.69) is 4.90 Å². The zero-order valence-electron chi connectivity index (χ0n) is 12.1. The fraction of sp³-hybridized carbons (Fsp3) is 0.933. The first-order valence-electron chi connectivity index (χ1n) is 7.98. The normalized spacial score (nSPS) is 26.3. The summed E-state index contributed by atoms with van der Waals surface area (Å²) in [6.07, 6.45) is 11.8. The van der Waals surface area contributed by atoms with Crippen molar-refractivity contribution >= 4 is 6.41 Å². The Morgan fingerprint density at radius 2 is 1.47 bits per heavy atom. The number of hydrogen-bond acceptors (Lipinski definition) is 3. The maximum atomic E-state index is 10.4. The molecule has 0 unspecified atom stereocenters. The van der Waals surface area contributed by atoms with E-state index in [0.29, 0.717) is 6.04 Å². The molecule has 0 bridgehead atoms. The number of nitrogens with two attached hydrogens (primary N) is 1. The minimum absolute atomic E-state index is 0.536. The highest BCUT2D eigenvalue weighted by molar-refractivity contribution is 5.47. The topological polar surface area (TPSA) is 49.6 Å². The van der Waals surface area contributed by atoms with Crippen LogP contribution in [0.1, 0.15) is 51.4 Å². The highest BCUT2D eigenvalue weighted by Crippen LogP contribution is 2.25. The van der Waals surface area contributed by atoms with Crippen LogP contribution >= 0.6 is 0 Å². The Bertz CT molecular complexity index is 254. The molecule has 0 radical (unpaired) electrons. The van der Waals surface area contributed by atoms with Crippen molar-refractivity contribution < 1.29 is 4.79 Å². The second-order valence-electron chi connectivity index (χ2n) is 6.16. The highest BCUT2D eigenvalue weighted by Gasteiger charge is 2.27. The summed E-state index contributed by atoms with van der Waals surface area (Å²) in [4.78, 5) is 14.8.